The second-order valence-electron chi connectivity index (χ2n) is 4.33. The molecular weight excluding hydrogens is 310 g/mol. The van der Waals surface area contributed by atoms with Gasteiger partial charge in [-0.25, -0.2) is 0 Å². The maximum atomic E-state index is 11.8. The number of carbonyl (C=O) groups excluding carboxylic acids is 1. The zero-order valence-corrected chi connectivity index (χ0v) is 12.4. The van der Waals surface area contributed by atoms with Crippen molar-refractivity contribution in [1.29, 1.82) is 0 Å². The van der Waals surface area contributed by atoms with Crippen molar-refractivity contribution in [2.24, 2.45) is 0 Å². The molecule has 104 valence electrons. The molecule has 4 nitrogen and oxygen atoms in total. The van der Waals surface area contributed by atoms with E-state index in [1.165, 1.54) is 6.08 Å². The molecule has 1 amide bonds. The van der Waals surface area contributed by atoms with Gasteiger partial charge in [-0.05, 0) is 30.2 Å². The van der Waals surface area contributed by atoms with Crippen LogP contribution >= 0.6 is 15.9 Å². The average molecular weight is 328 g/mol. The molecule has 0 radical (unpaired) electrons. The quantitative estimate of drug-likeness (QED) is 0.697. The highest BCUT2D eigenvalue weighted by Gasteiger charge is 2.27. The predicted octanol–water partition coefficient (Wildman–Crippen LogP) is 1.71. The van der Waals surface area contributed by atoms with Gasteiger partial charge in [0.25, 0.3) is 0 Å². The molecule has 0 saturated heterocycles. The van der Waals surface area contributed by atoms with Gasteiger partial charge >= 0.3 is 0 Å². The van der Waals surface area contributed by atoms with Crippen molar-refractivity contribution in [2.45, 2.75) is 18.9 Å². The van der Waals surface area contributed by atoms with Crippen molar-refractivity contribution in [2.75, 3.05) is 13.2 Å². The molecule has 0 bridgehead atoms. The first kappa shape index (κ1) is 15.9. The molecule has 0 atom stereocenters. The maximum Gasteiger partial charge on any atom is 0.244 e. The fourth-order valence-electron chi connectivity index (χ4n) is 1.53. The van der Waals surface area contributed by atoms with Crippen LogP contribution in [0.2, 0.25) is 0 Å². The molecule has 0 spiro atoms. The summed E-state index contributed by atoms with van der Waals surface area (Å²) in [6, 6.07) is 7.53. The summed E-state index contributed by atoms with van der Waals surface area (Å²) in [4.78, 5) is 11.8. The van der Waals surface area contributed by atoms with E-state index in [0.717, 1.165) is 10.0 Å². The maximum absolute atomic E-state index is 11.8. The summed E-state index contributed by atoms with van der Waals surface area (Å²) in [5.41, 5.74) is -0.0711. The van der Waals surface area contributed by atoms with Crippen LogP contribution in [-0.4, -0.2) is 34.9 Å². The SMILES string of the molecule is CCC(CO)(CO)NC(=O)/C=C/c1cccc(Br)c1. The van der Waals surface area contributed by atoms with Crippen LogP contribution in [-0.2, 0) is 4.79 Å². The average Bonchev–Trinajstić information content (AvgIpc) is 2.43. The molecular formula is C14H18BrNO3. The number of benzene rings is 1. The highest BCUT2D eigenvalue weighted by Crippen LogP contribution is 2.13. The Morgan fingerprint density at radius 2 is 2.11 bits per heavy atom. The summed E-state index contributed by atoms with van der Waals surface area (Å²) in [5, 5.41) is 21.1. The third-order valence-electron chi connectivity index (χ3n) is 2.95. The minimum Gasteiger partial charge on any atom is -0.394 e. The molecule has 0 fully saturated rings. The van der Waals surface area contributed by atoms with Gasteiger partial charge in [-0.2, -0.15) is 0 Å². The lowest BCUT2D eigenvalue weighted by atomic mass is 9.98. The molecule has 3 N–H and O–H groups in total. The number of hydrogen-bond acceptors (Lipinski definition) is 3. The van der Waals surface area contributed by atoms with Crippen molar-refractivity contribution in [3.63, 3.8) is 0 Å². The van der Waals surface area contributed by atoms with Gasteiger partial charge in [0.15, 0.2) is 0 Å². The molecule has 0 heterocycles. The van der Waals surface area contributed by atoms with Gasteiger partial charge in [-0.1, -0.05) is 35.0 Å². The van der Waals surface area contributed by atoms with Gasteiger partial charge < -0.3 is 15.5 Å². The normalized spacial score (nSPS) is 11.8. The van der Waals surface area contributed by atoms with Crippen LogP contribution in [0.1, 0.15) is 18.9 Å². The Hall–Kier alpha value is -1.17. The van der Waals surface area contributed by atoms with E-state index >= 15 is 0 Å². The Morgan fingerprint density at radius 3 is 2.63 bits per heavy atom. The van der Waals surface area contributed by atoms with Gasteiger partial charge in [0.2, 0.25) is 5.91 Å². The summed E-state index contributed by atoms with van der Waals surface area (Å²) in [5.74, 6) is -0.343. The van der Waals surface area contributed by atoms with E-state index in [9.17, 15) is 15.0 Å². The van der Waals surface area contributed by atoms with Gasteiger partial charge in [-0.3, -0.25) is 4.79 Å². The van der Waals surface area contributed by atoms with Crippen LogP contribution in [0, 0.1) is 0 Å². The van der Waals surface area contributed by atoms with E-state index in [4.69, 9.17) is 0 Å². The van der Waals surface area contributed by atoms with E-state index in [1.807, 2.05) is 24.3 Å². The van der Waals surface area contributed by atoms with Crippen LogP contribution in [0.3, 0.4) is 0 Å². The summed E-state index contributed by atoms with van der Waals surface area (Å²) >= 11 is 3.35. The topological polar surface area (TPSA) is 69.6 Å². The number of rotatable bonds is 6. The third-order valence-corrected chi connectivity index (χ3v) is 3.44. The van der Waals surface area contributed by atoms with E-state index < -0.39 is 5.54 Å². The molecule has 19 heavy (non-hydrogen) atoms. The Balaban J connectivity index is 2.69. The van der Waals surface area contributed by atoms with Gasteiger partial charge in [0.1, 0.15) is 0 Å². The highest BCUT2D eigenvalue weighted by atomic mass is 79.9. The molecule has 1 aromatic carbocycles. The first-order chi connectivity index (χ1) is 9.05. The van der Waals surface area contributed by atoms with E-state index in [1.54, 1.807) is 13.0 Å². The predicted molar refractivity (Wildman–Crippen MR) is 78.5 cm³/mol. The first-order valence-electron chi connectivity index (χ1n) is 6.03. The Bertz CT molecular complexity index is 447. The van der Waals surface area contributed by atoms with E-state index in [2.05, 4.69) is 21.2 Å². The highest BCUT2D eigenvalue weighted by molar-refractivity contribution is 9.10. The Kier molecular flexibility index (Phi) is 6.21. The fraction of sp³-hybridized carbons (Fsp3) is 0.357. The zero-order chi connectivity index (χ0) is 14.3. The van der Waals surface area contributed by atoms with E-state index in [-0.39, 0.29) is 19.1 Å². The van der Waals surface area contributed by atoms with Crippen molar-refractivity contribution < 1.29 is 15.0 Å². The molecule has 0 aromatic heterocycles. The van der Waals surface area contributed by atoms with Crippen LogP contribution < -0.4 is 5.32 Å². The summed E-state index contributed by atoms with van der Waals surface area (Å²) < 4.78 is 0.934. The second kappa shape index (κ2) is 7.43. The smallest absolute Gasteiger partial charge is 0.244 e. The lowest BCUT2D eigenvalue weighted by Crippen LogP contribution is -2.53. The lowest BCUT2D eigenvalue weighted by molar-refractivity contribution is -0.119. The number of amides is 1. The van der Waals surface area contributed by atoms with Gasteiger partial charge in [0, 0.05) is 10.5 Å². The summed E-state index contributed by atoms with van der Waals surface area (Å²) in [7, 11) is 0. The summed E-state index contributed by atoms with van der Waals surface area (Å²) in [6.45, 7) is 1.21. The number of halogens is 1. The minimum absolute atomic E-state index is 0.295. The number of hydrogen-bond donors (Lipinski definition) is 3. The third kappa shape index (κ3) is 4.78. The van der Waals surface area contributed by atoms with Crippen LogP contribution in [0.15, 0.2) is 34.8 Å². The van der Waals surface area contributed by atoms with Crippen molar-refractivity contribution >= 4 is 27.9 Å². The molecule has 1 aromatic rings. The number of nitrogens with one attached hydrogen (secondary N) is 1. The Labute approximate surface area is 121 Å². The number of aliphatic hydroxyl groups excluding tert-OH is 2. The second-order valence-corrected chi connectivity index (χ2v) is 5.24. The molecule has 0 aliphatic carbocycles. The fourth-order valence-corrected chi connectivity index (χ4v) is 1.94. The summed E-state index contributed by atoms with van der Waals surface area (Å²) in [6.07, 6.45) is 3.52. The molecule has 0 unspecified atom stereocenters. The van der Waals surface area contributed by atoms with Crippen LogP contribution in [0.4, 0.5) is 0 Å². The standard InChI is InChI=1S/C14H18BrNO3/c1-2-14(9-17,10-18)16-13(19)7-6-11-4-3-5-12(15)8-11/h3-8,17-18H,2,9-10H2,1H3,(H,16,19)/b7-6+. The molecule has 0 aliphatic heterocycles. The zero-order valence-electron chi connectivity index (χ0n) is 10.8. The van der Waals surface area contributed by atoms with Crippen molar-refractivity contribution in [1.82, 2.24) is 5.32 Å². The lowest BCUT2D eigenvalue weighted by Gasteiger charge is -2.28. The van der Waals surface area contributed by atoms with Gasteiger partial charge in [-0.15, -0.1) is 0 Å². The van der Waals surface area contributed by atoms with Crippen molar-refractivity contribution in [3.8, 4) is 0 Å². The molecule has 5 heteroatoms. The van der Waals surface area contributed by atoms with Gasteiger partial charge in [0.05, 0.1) is 18.8 Å². The molecule has 1 rings (SSSR count). The minimum atomic E-state index is -0.960. The van der Waals surface area contributed by atoms with Crippen LogP contribution in [0.5, 0.6) is 0 Å². The van der Waals surface area contributed by atoms with Crippen molar-refractivity contribution in [3.05, 3.63) is 40.4 Å². The largest absolute Gasteiger partial charge is 0.394 e. The Morgan fingerprint density at radius 1 is 1.42 bits per heavy atom. The monoisotopic (exact) mass is 327 g/mol. The van der Waals surface area contributed by atoms with Crippen LogP contribution in [0.25, 0.3) is 6.08 Å². The number of aliphatic hydroxyl groups is 2. The van der Waals surface area contributed by atoms with E-state index in [0.29, 0.717) is 6.42 Å². The first-order valence-corrected chi connectivity index (χ1v) is 6.82. The molecule has 0 saturated carbocycles. The number of carbonyl (C=O) groups is 1. The molecule has 0 aliphatic rings.